The maximum absolute atomic E-state index is 11.6. The highest BCUT2D eigenvalue weighted by atomic mass is 16.5. The van der Waals surface area contributed by atoms with Crippen LogP contribution < -0.4 is 5.32 Å². The van der Waals surface area contributed by atoms with Crippen LogP contribution in [0.3, 0.4) is 0 Å². The molecule has 1 aromatic heterocycles. The molecule has 0 unspecified atom stereocenters. The molecule has 1 aliphatic heterocycles. The molecule has 0 aromatic carbocycles. The molecular weight excluding hydrogens is 194 g/mol. The predicted molar refractivity (Wildman–Crippen MR) is 54.3 cm³/mol. The lowest BCUT2D eigenvalue weighted by molar-refractivity contribution is 0.101. The second kappa shape index (κ2) is 3.46. The lowest BCUT2D eigenvalue weighted by Gasteiger charge is -2.13. The summed E-state index contributed by atoms with van der Waals surface area (Å²) in [7, 11) is 0. The fourth-order valence-electron chi connectivity index (χ4n) is 1.35. The van der Waals surface area contributed by atoms with Gasteiger partial charge in [-0.15, -0.1) is 0 Å². The topological polar surface area (TPSA) is 51.5 Å². The SMILES string of the molecule is CC1(C)CO/C(=C\C(=O)c2ccco2)N1. The van der Waals surface area contributed by atoms with E-state index in [1.165, 1.54) is 12.3 Å². The molecule has 0 aliphatic carbocycles. The normalized spacial score (nSPS) is 21.1. The zero-order valence-corrected chi connectivity index (χ0v) is 8.74. The third-order valence-electron chi connectivity index (χ3n) is 2.08. The maximum Gasteiger partial charge on any atom is 0.226 e. The molecule has 1 aromatic rings. The van der Waals surface area contributed by atoms with Gasteiger partial charge in [0.15, 0.2) is 11.6 Å². The van der Waals surface area contributed by atoms with Crippen LogP contribution in [-0.2, 0) is 4.74 Å². The predicted octanol–water partition coefficient (Wildman–Crippen LogP) is 1.70. The van der Waals surface area contributed by atoms with E-state index in [0.29, 0.717) is 18.3 Å². The van der Waals surface area contributed by atoms with Crippen molar-refractivity contribution in [1.82, 2.24) is 5.32 Å². The molecule has 1 saturated heterocycles. The Morgan fingerprint density at radius 2 is 2.40 bits per heavy atom. The molecule has 0 radical (unpaired) electrons. The van der Waals surface area contributed by atoms with Gasteiger partial charge in [0.2, 0.25) is 5.78 Å². The Balaban J connectivity index is 2.09. The maximum atomic E-state index is 11.6. The standard InChI is InChI=1S/C11H13NO3/c1-11(2)7-15-10(12-11)6-8(13)9-4-3-5-14-9/h3-6,12H,7H2,1-2H3/b10-6-. The molecule has 0 amide bonds. The van der Waals surface area contributed by atoms with Gasteiger partial charge in [-0.05, 0) is 26.0 Å². The second-order valence-corrected chi connectivity index (χ2v) is 4.15. The number of rotatable bonds is 2. The summed E-state index contributed by atoms with van der Waals surface area (Å²) in [6.45, 7) is 4.57. The van der Waals surface area contributed by atoms with E-state index in [4.69, 9.17) is 9.15 Å². The average molecular weight is 207 g/mol. The minimum absolute atomic E-state index is 0.116. The molecule has 4 nitrogen and oxygen atoms in total. The molecule has 1 aliphatic rings. The van der Waals surface area contributed by atoms with Gasteiger partial charge in [0.05, 0.1) is 11.8 Å². The van der Waals surface area contributed by atoms with E-state index >= 15 is 0 Å². The summed E-state index contributed by atoms with van der Waals surface area (Å²) in [6.07, 6.45) is 2.88. The second-order valence-electron chi connectivity index (χ2n) is 4.15. The van der Waals surface area contributed by atoms with Gasteiger partial charge in [-0.25, -0.2) is 0 Å². The van der Waals surface area contributed by atoms with Crippen LogP contribution in [0.1, 0.15) is 24.4 Å². The van der Waals surface area contributed by atoms with Crippen molar-refractivity contribution in [3.05, 3.63) is 36.1 Å². The van der Waals surface area contributed by atoms with E-state index in [1.807, 2.05) is 13.8 Å². The van der Waals surface area contributed by atoms with Crippen molar-refractivity contribution in [1.29, 1.82) is 0 Å². The number of furan rings is 1. The Kier molecular flexibility index (Phi) is 2.26. The van der Waals surface area contributed by atoms with E-state index in [0.717, 1.165) is 0 Å². The number of carbonyl (C=O) groups excluding carboxylic acids is 1. The van der Waals surface area contributed by atoms with E-state index in [2.05, 4.69) is 5.32 Å². The number of ketones is 1. The minimum atomic E-state index is -0.194. The van der Waals surface area contributed by atoms with Crippen LogP contribution >= 0.6 is 0 Å². The molecule has 2 rings (SSSR count). The quantitative estimate of drug-likeness (QED) is 0.592. The average Bonchev–Trinajstić information content (AvgIpc) is 2.74. The van der Waals surface area contributed by atoms with Crippen molar-refractivity contribution in [2.75, 3.05) is 6.61 Å². The van der Waals surface area contributed by atoms with Crippen LogP contribution in [-0.4, -0.2) is 17.9 Å². The molecule has 4 heteroatoms. The molecule has 2 heterocycles. The minimum Gasteiger partial charge on any atom is -0.477 e. The summed E-state index contributed by atoms with van der Waals surface area (Å²) >= 11 is 0. The lowest BCUT2D eigenvalue weighted by atomic mass is 10.1. The molecule has 1 fully saturated rings. The summed E-state index contributed by atoms with van der Waals surface area (Å²) in [5.41, 5.74) is -0.116. The fourth-order valence-corrected chi connectivity index (χ4v) is 1.35. The van der Waals surface area contributed by atoms with Crippen LogP contribution in [0.4, 0.5) is 0 Å². The van der Waals surface area contributed by atoms with Crippen molar-refractivity contribution >= 4 is 5.78 Å². The first-order chi connectivity index (χ1) is 7.07. The lowest BCUT2D eigenvalue weighted by Crippen LogP contribution is -2.34. The van der Waals surface area contributed by atoms with E-state index in [-0.39, 0.29) is 11.3 Å². The molecule has 0 bridgehead atoms. The van der Waals surface area contributed by atoms with Gasteiger partial charge in [-0.1, -0.05) is 0 Å². The summed E-state index contributed by atoms with van der Waals surface area (Å²) in [4.78, 5) is 11.6. The smallest absolute Gasteiger partial charge is 0.226 e. The third-order valence-corrected chi connectivity index (χ3v) is 2.08. The molecule has 80 valence electrons. The van der Waals surface area contributed by atoms with Gasteiger partial charge < -0.3 is 14.5 Å². The largest absolute Gasteiger partial charge is 0.477 e. The number of hydrogen-bond donors (Lipinski definition) is 1. The summed E-state index contributed by atoms with van der Waals surface area (Å²) in [5, 5.41) is 3.10. The van der Waals surface area contributed by atoms with Crippen LogP contribution in [0.5, 0.6) is 0 Å². The van der Waals surface area contributed by atoms with Crippen LogP contribution in [0.15, 0.2) is 34.8 Å². The highest BCUT2D eigenvalue weighted by molar-refractivity contribution is 6.02. The zero-order valence-electron chi connectivity index (χ0n) is 8.74. The molecule has 15 heavy (non-hydrogen) atoms. The van der Waals surface area contributed by atoms with Gasteiger partial charge in [0, 0.05) is 6.08 Å². The monoisotopic (exact) mass is 207 g/mol. The first-order valence-electron chi connectivity index (χ1n) is 4.77. The summed E-state index contributed by atoms with van der Waals surface area (Å²) < 4.78 is 10.3. The van der Waals surface area contributed by atoms with Gasteiger partial charge in [-0.2, -0.15) is 0 Å². The first kappa shape index (κ1) is 9.83. The van der Waals surface area contributed by atoms with Crippen molar-refractivity contribution in [2.45, 2.75) is 19.4 Å². The number of nitrogens with one attached hydrogen (secondary N) is 1. The van der Waals surface area contributed by atoms with Crippen molar-refractivity contribution in [3.63, 3.8) is 0 Å². The number of hydrogen-bond acceptors (Lipinski definition) is 4. The van der Waals surface area contributed by atoms with Crippen LogP contribution in [0, 0.1) is 0 Å². The number of allylic oxidation sites excluding steroid dienone is 1. The van der Waals surface area contributed by atoms with Gasteiger partial charge >= 0.3 is 0 Å². The summed E-state index contributed by atoms with van der Waals surface area (Å²) in [6, 6.07) is 3.30. The Morgan fingerprint density at radius 3 is 2.93 bits per heavy atom. The van der Waals surface area contributed by atoms with Crippen molar-refractivity contribution in [2.24, 2.45) is 0 Å². The van der Waals surface area contributed by atoms with Crippen LogP contribution in [0.2, 0.25) is 0 Å². The highest BCUT2D eigenvalue weighted by Crippen LogP contribution is 2.16. The fraction of sp³-hybridized carbons (Fsp3) is 0.364. The highest BCUT2D eigenvalue weighted by Gasteiger charge is 2.27. The van der Waals surface area contributed by atoms with Crippen molar-refractivity contribution in [3.8, 4) is 0 Å². The summed E-state index contributed by atoms with van der Waals surface area (Å²) in [5.74, 6) is 0.624. The van der Waals surface area contributed by atoms with Crippen LogP contribution in [0.25, 0.3) is 0 Å². The first-order valence-corrected chi connectivity index (χ1v) is 4.77. The van der Waals surface area contributed by atoms with Gasteiger partial charge in [-0.3, -0.25) is 4.79 Å². The zero-order chi connectivity index (χ0) is 10.9. The number of carbonyl (C=O) groups is 1. The Hall–Kier alpha value is -1.71. The Bertz CT molecular complexity index is 390. The Morgan fingerprint density at radius 1 is 1.60 bits per heavy atom. The third kappa shape index (κ3) is 2.21. The van der Waals surface area contributed by atoms with Gasteiger partial charge in [0.1, 0.15) is 6.61 Å². The van der Waals surface area contributed by atoms with E-state index < -0.39 is 0 Å². The van der Waals surface area contributed by atoms with Gasteiger partial charge in [0.25, 0.3) is 0 Å². The number of ether oxygens (including phenoxy) is 1. The molecule has 1 N–H and O–H groups in total. The molecule has 0 atom stereocenters. The molecular formula is C11H13NO3. The molecule has 0 spiro atoms. The molecule has 0 saturated carbocycles. The van der Waals surface area contributed by atoms with E-state index in [9.17, 15) is 4.79 Å². The van der Waals surface area contributed by atoms with E-state index in [1.54, 1.807) is 12.1 Å². The van der Waals surface area contributed by atoms with Crippen molar-refractivity contribution < 1.29 is 13.9 Å². The Labute approximate surface area is 87.9 Å².